The van der Waals surface area contributed by atoms with Crippen LogP contribution in [0.2, 0.25) is 0 Å². The van der Waals surface area contributed by atoms with E-state index in [0.29, 0.717) is 36.7 Å². The zero-order chi connectivity index (χ0) is 15.4. The first-order chi connectivity index (χ1) is 9.91. The zero-order valence-corrected chi connectivity index (χ0v) is 13.4. The normalized spacial score (nSPS) is 47.2. The van der Waals surface area contributed by atoms with E-state index < -0.39 is 0 Å². The van der Waals surface area contributed by atoms with Crippen LogP contribution in [0.25, 0.3) is 0 Å². The highest BCUT2D eigenvalue weighted by molar-refractivity contribution is 5.74. The fraction of sp³-hybridized carbons (Fsp3) is 0.882. The Kier molecular flexibility index (Phi) is 3.53. The van der Waals surface area contributed by atoms with Gasteiger partial charge in [-0.2, -0.15) is 0 Å². The van der Waals surface area contributed by atoms with E-state index in [1.807, 2.05) is 6.92 Å². The summed E-state index contributed by atoms with van der Waals surface area (Å²) < 4.78 is 10.9. The molecule has 0 bridgehead atoms. The van der Waals surface area contributed by atoms with Crippen LogP contribution in [0.1, 0.15) is 47.0 Å². The van der Waals surface area contributed by atoms with E-state index in [2.05, 4.69) is 13.8 Å². The Labute approximate surface area is 126 Å². The van der Waals surface area contributed by atoms with Crippen LogP contribution < -0.4 is 0 Å². The molecule has 3 aliphatic rings. The van der Waals surface area contributed by atoms with Gasteiger partial charge in [-0.3, -0.25) is 9.59 Å². The maximum Gasteiger partial charge on any atom is 0.309 e. The van der Waals surface area contributed by atoms with Gasteiger partial charge in [0, 0.05) is 12.3 Å². The van der Waals surface area contributed by atoms with Crippen molar-refractivity contribution in [3.63, 3.8) is 0 Å². The van der Waals surface area contributed by atoms with Crippen molar-refractivity contribution in [1.82, 2.24) is 0 Å². The van der Waals surface area contributed by atoms with Crippen molar-refractivity contribution >= 4 is 11.9 Å². The van der Waals surface area contributed by atoms with E-state index in [0.717, 1.165) is 0 Å². The van der Waals surface area contributed by atoms with Crippen LogP contribution in [-0.2, 0) is 19.1 Å². The average Bonchev–Trinajstić information content (AvgIpc) is 2.84. The van der Waals surface area contributed by atoms with Gasteiger partial charge in [-0.1, -0.05) is 20.3 Å². The van der Waals surface area contributed by atoms with Gasteiger partial charge in [0.25, 0.3) is 0 Å². The summed E-state index contributed by atoms with van der Waals surface area (Å²) in [6.45, 7) is 8.25. The Morgan fingerprint density at radius 2 is 2.00 bits per heavy atom. The number of hydrogen-bond donors (Lipinski definition) is 0. The summed E-state index contributed by atoms with van der Waals surface area (Å²) in [4.78, 5) is 23.8. The van der Waals surface area contributed by atoms with Gasteiger partial charge >= 0.3 is 11.9 Å². The van der Waals surface area contributed by atoms with Crippen LogP contribution in [0.15, 0.2) is 0 Å². The lowest BCUT2D eigenvalue weighted by Gasteiger charge is -2.58. The molecule has 7 atom stereocenters. The first-order valence-corrected chi connectivity index (χ1v) is 8.25. The van der Waals surface area contributed by atoms with E-state index in [4.69, 9.17) is 9.47 Å². The molecule has 0 saturated heterocycles. The first-order valence-electron chi connectivity index (χ1n) is 8.25. The van der Waals surface area contributed by atoms with Gasteiger partial charge in [0.15, 0.2) is 0 Å². The van der Waals surface area contributed by atoms with Crippen molar-refractivity contribution in [3.8, 4) is 0 Å². The molecule has 3 fully saturated rings. The quantitative estimate of drug-likeness (QED) is 0.751. The van der Waals surface area contributed by atoms with Crippen molar-refractivity contribution < 1.29 is 19.1 Å². The lowest BCUT2D eigenvalue weighted by Crippen LogP contribution is -2.58. The third kappa shape index (κ3) is 1.94. The molecule has 3 aliphatic carbocycles. The number of ether oxygens (including phenoxy) is 2. The summed E-state index contributed by atoms with van der Waals surface area (Å²) in [5.74, 6) is 1.76. The molecule has 3 rings (SSSR count). The number of fused-ring (bicyclic) bond motifs is 4. The van der Waals surface area contributed by atoms with E-state index in [9.17, 15) is 9.59 Å². The maximum absolute atomic E-state index is 12.3. The summed E-state index contributed by atoms with van der Waals surface area (Å²) in [5, 5.41) is 0. The number of hydrogen-bond acceptors (Lipinski definition) is 4. The smallest absolute Gasteiger partial charge is 0.309 e. The highest BCUT2D eigenvalue weighted by Crippen LogP contribution is 2.73. The predicted octanol–water partition coefficient (Wildman–Crippen LogP) is 2.80. The van der Waals surface area contributed by atoms with Crippen LogP contribution in [0.5, 0.6) is 0 Å². The van der Waals surface area contributed by atoms with Crippen LogP contribution in [0.4, 0.5) is 0 Å². The van der Waals surface area contributed by atoms with Crippen LogP contribution >= 0.6 is 0 Å². The second-order valence-corrected chi connectivity index (χ2v) is 7.32. The molecular weight excluding hydrogens is 268 g/mol. The second-order valence-electron chi connectivity index (χ2n) is 7.32. The van der Waals surface area contributed by atoms with Gasteiger partial charge in [-0.05, 0) is 43.4 Å². The van der Waals surface area contributed by atoms with Crippen LogP contribution in [0, 0.1) is 35.0 Å². The fourth-order valence-electron chi connectivity index (χ4n) is 5.75. The molecule has 4 heteroatoms. The Bertz CT molecular complexity index is 460. The highest BCUT2D eigenvalue weighted by atomic mass is 16.5. The number of esters is 2. The van der Waals surface area contributed by atoms with Crippen LogP contribution in [0.3, 0.4) is 0 Å². The minimum absolute atomic E-state index is 0.0292. The fourth-order valence-corrected chi connectivity index (χ4v) is 5.75. The molecule has 0 unspecified atom stereocenters. The molecule has 0 heterocycles. The van der Waals surface area contributed by atoms with E-state index in [1.165, 1.54) is 19.8 Å². The summed E-state index contributed by atoms with van der Waals surface area (Å²) in [5.41, 5.74) is -0.0292. The lowest BCUT2D eigenvalue weighted by atomic mass is 9.47. The van der Waals surface area contributed by atoms with Gasteiger partial charge in [0.2, 0.25) is 0 Å². The zero-order valence-electron chi connectivity index (χ0n) is 13.4. The van der Waals surface area contributed by atoms with Crippen molar-refractivity contribution in [2.75, 3.05) is 6.61 Å². The summed E-state index contributed by atoms with van der Waals surface area (Å²) >= 11 is 0. The molecule has 0 aromatic carbocycles. The molecule has 0 radical (unpaired) electrons. The van der Waals surface area contributed by atoms with Gasteiger partial charge in [-0.15, -0.1) is 0 Å². The molecule has 0 aliphatic heterocycles. The average molecular weight is 294 g/mol. The van der Waals surface area contributed by atoms with E-state index in [-0.39, 0.29) is 29.4 Å². The largest absolute Gasteiger partial charge is 0.466 e. The molecule has 0 amide bonds. The molecular formula is C17H26O4. The molecule has 21 heavy (non-hydrogen) atoms. The molecule has 4 nitrogen and oxygen atoms in total. The summed E-state index contributed by atoms with van der Waals surface area (Å²) in [7, 11) is 0. The maximum atomic E-state index is 12.3. The predicted molar refractivity (Wildman–Crippen MR) is 77.3 cm³/mol. The SMILES string of the molecule is CCOC(=O)[C@@H]1C[C@@H](OC(C)=O)[C@@]2(C)[C@@H]1[C@@H]1[C@H](C)CC[C@@H]12. The van der Waals surface area contributed by atoms with Crippen molar-refractivity contribution in [3.05, 3.63) is 0 Å². The third-order valence-corrected chi connectivity index (χ3v) is 6.48. The molecule has 118 valence electrons. The van der Waals surface area contributed by atoms with Crippen molar-refractivity contribution in [2.45, 2.75) is 53.1 Å². The molecule has 0 spiro atoms. The molecule has 0 N–H and O–H groups in total. The Morgan fingerprint density at radius 1 is 1.29 bits per heavy atom. The second kappa shape index (κ2) is 4.99. The number of carbonyl (C=O) groups is 2. The van der Waals surface area contributed by atoms with Crippen molar-refractivity contribution in [1.29, 1.82) is 0 Å². The third-order valence-electron chi connectivity index (χ3n) is 6.48. The summed E-state index contributed by atoms with van der Waals surface area (Å²) in [6.07, 6.45) is 2.94. The minimum Gasteiger partial charge on any atom is -0.466 e. The topological polar surface area (TPSA) is 52.6 Å². The number of rotatable bonds is 3. The van der Waals surface area contributed by atoms with Gasteiger partial charge in [0.1, 0.15) is 6.10 Å². The monoisotopic (exact) mass is 294 g/mol. The molecule has 0 aromatic heterocycles. The van der Waals surface area contributed by atoms with Gasteiger partial charge in [0.05, 0.1) is 12.5 Å². The van der Waals surface area contributed by atoms with Gasteiger partial charge < -0.3 is 9.47 Å². The van der Waals surface area contributed by atoms with Gasteiger partial charge in [-0.25, -0.2) is 0 Å². The summed E-state index contributed by atoms with van der Waals surface area (Å²) in [6, 6.07) is 0. The molecule has 3 saturated carbocycles. The van der Waals surface area contributed by atoms with Crippen LogP contribution in [-0.4, -0.2) is 24.6 Å². The Morgan fingerprint density at radius 3 is 2.62 bits per heavy atom. The Balaban J connectivity index is 1.88. The van der Waals surface area contributed by atoms with E-state index >= 15 is 0 Å². The lowest BCUT2D eigenvalue weighted by molar-refractivity contribution is -0.182. The van der Waals surface area contributed by atoms with E-state index in [1.54, 1.807) is 0 Å². The Hall–Kier alpha value is -1.06. The first kappa shape index (κ1) is 14.9. The standard InChI is InChI=1S/C17H26O4/c1-5-20-16(19)11-8-13(21-10(3)18)17(4)12-7-6-9(2)14(12)15(11)17/h9,11-15H,5-8H2,1-4H3/t9-,11-,12+,13-,14-,15+,17+/m1/s1. The number of carbonyl (C=O) groups excluding carboxylic acids is 2. The minimum atomic E-state index is -0.237. The van der Waals surface area contributed by atoms with Crippen molar-refractivity contribution in [2.24, 2.45) is 35.0 Å². The highest BCUT2D eigenvalue weighted by Gasteiger charge is 2.73. The molecule has 0 aromatic rings.